The fourth-order valence-corrected chi connectivity index (χ4v) is 3.38. The van der Waals surface area contributed by atoms with Crippen molar-refractivity contribution in [3.63, 3.8) is 0 Å². The highest BCUT2D eigenvalue weighted by Crippen LogP contribution is 2.21. The number of carbonyl (C=O) groups is 1. The van der Waals surface area contributed by atoms with Gasteiger partial charge in [0.1, 0.15) is 0 Å². The second-order valence-electron chi connectivity index (χ2n) is 5.92. The molecule has 128 valence electrons. The number of piperidine rings is 1. The number of rotatable bonds is 4. The molecule has 0 spiro atoms. The number of nitrogens with zero attached hydrogens (tertiary/aromatic N) is 3. The van der Waals surface area contributed by atoms with Crippen LogP contribution < -0.4 is 21.1 Å². The van der Waals surface area contributed by atoms with Gasteiger partial charge in [0.15, 0.2) is 0 Å². The van der Waals surface area contributed by atoms with Gasteiger partial charge in [-0.25, -0.2) is 9.48 Å². The molecule has 3 heterocycles. The summed E-state index contributed by atoms with van der Waals surface area (Å²) in [6, 6.07) is 5.25. The van der Waals surface area contributed by atoms with E-state index in [1.165, 1.54) is 16.0 Å². The normalized spacial score (nSPS) is 15.3. The molecule has 0 bridgehead atoms. The number of nitrogens with one attached hydrogen (secondary N) is 2. The van der Waals surface area contributed by atoms with Gasteiger partial charge in [0, 0.05) is 32.7 Å². The molecule has 1 aliphatic rings. The minimum absolute atomic E-state index is 0.0958. The van der Waals surface area contributed by atoms with E-state index in [-0.39, 0.29) is 11.6 Å². The van der Waals surface area contributed by atoms with E-state index in [1.807, 2.05) is 17.5 Å². The Hall–Kier alpha value is -2.35. The van der Waals surface area contributed by atoms with E-state index < -0.39 is 0 Å². The maximum absolute atomic E-state index is 11.8. The van der Waals surface area contributed by atoms with E-state index in [0.717, 1.165) is 36.6 Å². The summed E-state index contributed by atoms with van der Waals surface area (Å²) in [7, 11) is 1.64. The van der Waals surface area contributed by atoms with Crippen LogP contribution in [-0.2, 0) is 7.05 Å². The number of urea groups is 1. The van der Waals surface area contributed by atoms with Gasteiger partial charge in [0.25, 0.3) is 5.56 Å². The monoisotopic (exact) mass is 347 g/mol. The molecule has 1 aliphatic heterocycles. The minimum atomic E-state index is -0.157. The largest absolute Gasteiger partial charge is 0.370 e. The van der Waals surface area contributed by atoms with Crippen molar-refractivity contribution in [2.45, 2.75) is 12.8 Å². The van der Waals surface area contributed by atoms with E-state index in [2.05, 4.69) is 20.6 Å². The summed E-state index contributed by atoms with van der Waals surface area (Å²) in [5.41, 5.74) is 0.779. The molecule has 1 saturated heterocycles. The number of aromatic nitrogens is 2. The highest BCUT2D eigenvalue weighted by Gasteiger charge is 2.20. The van der Waals surface area contributed by atoms with Crippen LogP contribution in [-0.4, -0.2) is 35.4 Å². The zero-order valence-corrected chi connectivity index (χ0v) is 14.4. The topological polar surface area (TPSA) is 79.3 Å². The number of hydrogen-bond donors (Lipinski definition) is 2. The van der Waals surface area contributed by atoms with Crippen molar-refractivity contribution in [3.8, 4) is 0 Å². The first kappa shape index (κ1) is 16.5. The van der Waals surface area contributed by atoms with Crippen LogP contribution in [0.15, 0.2) is 34.6 Å². The highest BCUT2D eigenvalue weighted by atomic mass is 32.1. The third-order valence-electron chi connectivity index (χ3n) is 4.24. The van der Waals surface area contributed by atoms with Crippen LogP contribution in [0.5, 0.6) is 0 Å². The molecule has 1 fully saturated rings. The predicted octanol–water partition coefficient (Wildman–Crippen LogP) is 1.88. The molecule has 2 amide bonds. The first-order valence-corrected chi connectivity index (χ1v) is 8.86. The van der Waals surface area contributed by atoms with Crippen molar-refractivity contribution in [3.05, 3.63) is 40.1 Å². The Kier molecular flexibility index (Phi) is 5.14. The predicted molar refractivity (Wildman–Crippen MR) is 95.8 cm³/mol. The lowest BCUT2D eigenvalue weighted by Crippen LogP contribution is -2.40. The first-order chi connectivity index (χ1) is 11.6. The smallest absolute Gasteiger partial charge is 0.319 e. The molecule has 8 heteroatoms. The van der Waals surface area contributed by atoms with E-state index in [0.29, 0.717) is 12.5 Å². The zero-order valence-electron chi connectivity index (χ0n) is 13.6. The number of amides is 2. The maximum Gasteiger partial charge on any atom is 0.319 e. The molecular formula is C16H21N5O2S. The van der Waals surface area contributed by atoms with Gasteiger partial charge >= 0.3 is 6.03 Å². The van der Waals surface area contributed by atoms with E-state index in [4.69, 9.17) is 0 Å². The standard InChI is InChI=1S/C16H21N5O2S/c1-20-15(22)9-13(11-18-20)21-6-4-12(5-7-21)10-17-16(23)19-14-3-2-8-24-14/h2-3,8-9,11-12H,4-7,10H2,1H3,(H2,17,19,23). The number of hydrogen-bond acceptors (Lipinski definition) is 5. The molecule has 2 N–H and O–H groups in total. The maximum atomic E-state index is 11.8. The molecule has 0 radical (unpaired) electrons. The summed E-state index contributed by atoms with van der Waals surface area (Å²) in [4.78, 5) is 25.7. The number of anilines is 2. The molecule has 0 aromatic carbocycles. The van der Waals surface area contributed by atoms with Crippen molar-refractivity contribution >= 4 is 28.1 Å². The summed E-state index contributed by atoms with van der Waals surface area (Å²) in [5.74, 6) is 0.454. The molecule has 3 rings (SSSR count). The number of carbonyl (C=O) groups excluding carboxylic acids is 1. The highest BCUT2D eigenvalue weighted by molar-refractivity contribution is 7.14. The average Bonchev–Trinajstić information content (AvgIpc) is 3.09. The van der Waals surface area contributed by atoms with Gasteiger partial charge < -0.3 is 10.2 Å². The molecule has 0 atom stereocenters. The van der Waals surface area contributed by atoms with Crippen molar-refractivity contribution < 1.29 is 4.79 Å². The van der Waals surface area contributed by atoms with Gasteiger partial charge in [-0.3, -0.25) is 10.1 Å². The van der Waals surface area contributed by atoms with Gasteiger partial charge in [0.05, 0.1) is 16.9 Å². The van der Waals surface area contributed by atoms with Crippen molar-refractivity contribution in [1.82, 2.24) is 15.1 Å². The van der Waals surface area contributed by atoms with Gasteiger partial charge in [0.2, 0.25) is 0 Å². The lowest BCUT2D eigenvalue weighted by molar-refractivity contribution is 0.248. The second-order valence-corrected chi connectivity index (χ2v) is 6.87. The molecule has 2 aromatic heterocycles. The lowest BCUT2D eigenvalue weighted by atomic mass is 9.96. The van der Waals surface area contributed by atoms with Crippen LogP contribution in [0.3, 0.4) is 0 Å². The first-order valence-electron chi connectivity index (χ1n) is 7.98. The van der Waals surface area contributed by atoms with Crippen LogP contribution in [0.25, 0.3) is 0 Å². The fraction of sp³-hybridized carbons (Fsp3) is 0.438. The lowest BCUT2D eigenvalue weighted by Gasteiger charge is -2.33. The molecule has 0 unspecified atom stereocenters. The van der Waals surface area contributed by atoms with Crippen LogP contribution in [0.2, 0.25) is 0 Å². The Balaban J connectivity index is 1.44. The van der Waals surface area contributed by atoms with Crippen LogP contribution in [0.4, 0.5) is 15.5 Å². The molecular weight excluding hydrogens is 326 g/mol. The van der Waals surface area contributed by atoms with Gasteiger partial charge in [-0.1, -0.05) is 0 Å². The Morgan fingerprint density at radius 3 is 2.88 bits per heavy atom. The van der Waals surface area contributed by atoms with Crippen LogP contribution >= 0.6 is 11.3 Å². The van der Waals surface area contributed by atoms with E-state index >= 15 is 0 Å². The van der Waals surface area contributed by atoms with Crippen molar-refractivity contribution in [2.24, 2.45) is 13.0 Å². The summed E-state index contributed by atoms with van der Waals surface area (Å²) >= 11 is 1.50. The number of aryl methyl sites for hydroxylation is 1. The van der Waals surface area contributed by atoms with Crippen LogP contribution in [0.1, 0.15) is 12.8 Å². The molecule has 0 aliphatic carbocycles. The van der Waals surface area contributed by atoms with Crippen molar-refractivity contribution in [1.29, 1.82) is 0 Å². The summed E-state index contributed by atoms with van der Waals surface area (Å²) in [6.07, 6.45) is 3.69. The zero-order chi connectivity index (χ0) is 16.9. The quantitative estimate of drug-likeness (QED) is 0.885. The molecule has 24 heavy (non-hydrogen) atoms. The SMILES string of the molecule is Cn1ncc(N2CCC(CNC(=O)Nc3cccs3)CC2)cc1=O. The Morgan fingerprint density at radius 1 is 1.42 bits per heavy atom. The third kappa shape index (κ3) is 4.14. The average molecular weight is 347 g/mol. The second kappa shape index (κ2) is 7.48. The Morgan fingerprint density at radius 2 is 2.21 bits per heavy atom. The van der Waals surface area contributed by atoms with Gasteiger partial charge in [-0.2, -0.15) is 5.10 Å². The Labute approximate surface area is 144 Å². The van der Waals surface area contributed by atoms with Crippen LogP contribution in [0, 0.1) is 5.92 Å². The third-order valence-corrected chi connectivity index (χ3v) is 5.03. The van der Waals surface area contributed by atoms with Gasteiger partial charge in [-0.05, 0) is 36.3 Å². The summed E-state index contributed by atoms with van der Waals surface area (Å²) in [5, 5.41) is 12.6. The van der Waals surface area contributed by atoms with E-state index in [1.54, 1.807) is 19.3 Å². The fourth-order valence-electron chi connectivity index (χ4n) is 2.77. The number of thiophene rings is 1. The van der Waals surface area contributed by atoms with Gasteiger partial charge in [-0.15, -0.1) is 11.3 Å². The molecule has 2 aromatic rings. The molecule has 0 saturated carbocycles. The summed E-state index contributed by atoms with van der Waals surface area (Å²) in [6.45, 7) is 2.40. The Bertz CT molecular complexity index is 735. The molecule has 7 nitrogen and oxygen atoms in total. The van der Waals surface area contributed by atoms with Crippen molar-refractivity contribution in [2.75, 3.05) is 29.9 Å². The summed E-state index contributed by atoms with van der Waals surface area (Å²) < 4.78 is 1.33. The minimum Gasteiger partial charge on any atom is -0.370 e. The van der Waals surface area contributed by atoms with E-state index in [9.17, 15) is 9.59 Å².